The number of nitrogens with two attached hydrogens (primary N) is 1. The fourth-order valence-corrected chi connectivity index (χ4v) is 2.77. The first-order valence-corrected chi connectivity index (χ1v) is 7.24. The van der Waals surface area contributed by atoms with Crippen LogP contribution >= 0.6 is 12.2 Å². The van der Waals surface area contributed by atoms with Crippen molar-refractivity contribution in [2.75, 3.05) is 37.6 Å². The van der Waals surface area contributed by atoms with E-state index in [9.17, 15) is 0 Å². The average Bonchev–Trinajstić information content (AvgIpc) is 2.47. The Labute approximate surface area is 124 Å². The van der Waals surface area contributed by atoms with Gasteiger partial charge in [0.05, 0.1) is 10.5 Å². The molecule has 1 aromatic heterocycles. The van der Waals surface area contributed by atoms with Gasteiger partial charge in [-0.1, -0.05) is 30.4 Å². The third kappa shape index (κ3) is 2.89. The lowest BCUT2D eigenvalue weighted by molar-refractivity contribution is 0.291. The van der Waals surface area contributed by atoms with Crippen molar-refractivity contribution in [3.05, 3.63) is 36.4 Å². The zero-order chi connectivity index (χ0) is 13.9. The van der Waals surface area contributed by atoms with Crippen molar-refractivity contribution in [1.29, 1.82) is 0 Å². The molecule has 1 saturated heterocycles. The zero-order valence-electron chi connectivity index (χ0n) is 11.3. The summed E-state index contributed by atoms with van der Waals surface area (Å²) in [6, 6.07) is 12.5. The number of hydrogen-bond acceptors (Lipinski definition) is 4. The van der Waals surface area contributed by atoms with E-state index in [4.69, 9.17) is 22.9 Å². The summed E-state index contributed by atoms with van der Waals surface area (Å²) in [6.07, 6.45) is 0. The smallest absolute Gasteiger partial charge is 0.129 e. The van der Waals surface area contributed by atoms with Crippen LogP contribution in [0, 0.1) is 0 Å². The van der Waals surface area contributed by atoms with E-state index in [0.717, 1.165) is 37.5 Å². The molecule has 2 aromatic rings. The summed E-state index contributed by atoms with van der Waals surface area (Å²) in [6.45, 7) is 4.61. The van der Waals surface area contributed by atoms with Crippen molar-refractivity contribution >= 4 is 33.9 Å². The molecule has 104 valence electrons. The second-order valence-corrected chi connectivity index (χ2v) is 5.62. The second kappa shape index (κ2) is 5.73. The molecule has 1 aliphatic heterocycles. The second-order valence-electron chi connectivity index (χ2n) is 5.09. The lowest BCUT2D eigenvalue weighted by Crippen LogP contribution is -2.48. The Morgan fingerprint density at radius 1 is 1.10 bits per heavy atom. The standard InChI is InChI=1S/C15H18N4S/c16-14(20)11-18-7-9-19(10-8-18)15-6-5-12-3-1-2-4-13(12)17-15/h1-6H,7-11H2,(H2,16,20). The number of pyridine rings is 1. The van der Waals surface area contributed by atoms with E-state index < -0.39 is 0 Å². The minimum absolute atomic E-state index is 0.572. The number of rotatable bonds is 3. The Kier molecular flexibility index (Phi) is 3.80. The highest BCUT2D eigenvalue weighted by Crippen LogP contribution is 2.19. The van der Waals surface area contributed by atoms with Gasteiger partial charge < -0.3 is 10.6 Å². The largest absolute Gasteiger partial charge is 0.392 e. The minimum Gasteiger partial charge on any atom is -0.392 e. The molecular weight excluding hydrogens is 268 g/mol. The Morgan fingerprint density at radius 2 is 1.85 bits per heavy atom. The predicted molar refractivity (Wildman–Crippen MR) is 87.2 cm³/mol. The number of fused-ring (bicyclic) bond motifs is 1. The maximum Gasteiger partial charge on any atom is 0.129 e. The molecule has 0 amide bonds. The molecule has 0 unspecified atom stereocenters. The fraction of sp³-hybridized carbons (Fsp3) is 0.333. The monoisotopic (exact) mass is 286 g/mol. The molecular formula is C15H18N4S. The van der Waals surface area contributed by atoms with Gasteiger partial charge in [-0.2, -0.15) is 0 Å². The Balaban J connectivity index is 1.71. The van der Waals surface area contributed by atoms with Gasteiger partial charge in [-0.05, 0) is 18.2 Å². The van der Waals surface area contributed by atoms with Gasteiger partial charge in [-0.25, -0.2) is 4.98 Å². The third-order valence-electron chi connectivity index (χ3n) is 3.66. The normalized spacial score (nSPS) is 16.5. The van der Waals surface area contributed by atoms with Crippen molar-refractivity contribution in [1.82, 2.24) is 9.88 Å². The first-order valence-electron chi connectivity index (χ1n) is 6.84. The quantitative estimate of drug-likeness (QED) is 0.869. The van der Waals surface area contributed by atoms with Crippen LogP contribution in [0.2, 0.25) is 0 Å². The number of piperazine rings is 1. The van der Waals surface area contributed by atoms with E-state index in [2.05, 4.69) is 34.1 Å². The van der Waals surface area contributed by atoms with Crippen molar-refractivity contribution in [2.45, 2.75) is 0 Å². The van der Waals surface area contributed by atoms with Crippen LogP contribution in [0.1, 0.15) is 0 Å². The molecule has 0 saturated carbocycles. The summed E-state index contributed by atoms with van der Waals surface area (Å²) >= 11 is 4.96. The van der Waals surface area contributed by atoms with Crippen LogP contribution in [0.15, 0.2) is 36.4 Å². The molecule has 0 atom stereocenters. The third-order valence-corrected chi connectivity index (χ3v) is 3.79. The zero-order valence-corrected chi connectivity index (χ0v) is 12.1. The topological polar surface area (TPSA) is 45.4 Å². The molecule has 4 nitrogen and oxygen atoms in total. The maximum atomic E-state index is 5.60. The van der Waals surface area contributed by atoms with E-state index in [1.165, 1.54) is 5.39 Å². The molecule has 0 radical (unpaired) electrons. The highest BCUT2D eigenvalue weighted by atomic mass is 32.1. The Bertz CT molecular complexity index is 620. The van der Waals surface area contributed by atoms with Crippen molar-refractivity contribution in [3.8, 4) is 0 Å². The number of nitrogens with zero attached hydrogens (tertiary/aromatic N) is 3. The Morgan fingerprint density at radius 3 is 2.60 bits per heavy atom. The van der Waals surface area contributed by atoms with Gasteiger partial charge >= 0.3 is 0 Å². The van der Waals surface area contributed by atoms with Gasteiger partial charge in [-0.15, -0.1) is 0 Å². The van der Waals surface area contributed by atoms with Gasteiger partial charge in [0.15, 0.2) is 0 Å². The average molecular weight is 286 g/mol. The van der Waals surface area contributed by atoms with E-state index in [0.29, 0.717) is 11.5 Å². The summed E-state index contributed by atoms with van der Waals surface area (Å²) in [5, 5.41) is 1.18. The van der Waals surface area contributed by atoms with Crippen LogP contribution in [0.5, 0.6) is 0 Å². The lowest BCUT2D eigenvalue weighted by Gasteiger charge is -2.35. The summed E-state index contributed by atoms with van der Waals surface area (Å²) in [5.41, 5.74) is 6.65. The summed E-state index contributed by atoms with van der Waals surface area (Å²) in [7, 11) is 0. The fourth-order valence-electron chi connectivity index (χ4n) is 2.59. The molecule has 5 heteroatoms. The van der Waals surface area contributed by atoms with E-state index >= 15 is 0 Å². The van der Waals surface area contributed by atoms with Crippen LogP contribution in [-0.2, 0) is 0 Å². The van der Waals surface area contributed by atoms with Crippen LogP contribution in [0.3, 0.4) is 0 Å². The van der Waals surface area contributed by atoms with Crippen molar-refractivity contribution in [2.24, 2.45) is 5.73 Å². The van der Waals surface area contributed by atoms with Crippen LogP contribution in [0.4, 0.5) is 5.82 Å². The molecule has 0 spiro atoms. The lowest BCUT2D eigenvalue weighted by atomic mass is 10.2. The van der Waals surface area contributed by atoms with Gasteiger partial charge in [-0.3, -0.25) is 4.90 Å². The van der Waals surface area contributed by atoms with Gasteiger partial charge in [0.2, 0.25) is 0 Å². The molecule has 3 rings (SSSR count). The molecule has 2 N–H and O–H groups in total. The Hall–Kier alpha value is -1.72. The number of thiocarbonyl (C=S) groups is 1. The predicted octanol–water partition coefficient (Wildman–Crippen LogP) is 1.64. The summed E-state index contributed by atoms with van der Waals surface area (Å²) in [4.78, 5) is 9.93. The van der Waals surface area contributed by atoms with Crippen LogP contribution in [0.25, 0.3) is 10.9 Å². The van der Waals surface area contributed by atoms with E-state index in [1.807, 2.05) is 12.1 Å². The van der Waals surface area contributed by atoms with Crippen LogP contribution in [-0.4, -0.2) is 47.6 Å². The molecule has 1 aliphatic rings. The summed E-state index contributed by atoms with van der Waals surface area (Å²) in [5.74, 6) is 1.05. The highest BCUT2D eigenvalue weighted by Gasteiger charge is 2.18. The van der Waals surface area contributed by atoms with Gasteiger partial charge in [0, 0.05) is 38.1 Å². The highest BCUT2D eigenvalue weighted by molar-refractivity contribution is 7.80. The van der Waals surface area contributed by atoms with Gasteiger partial charge in [0.1, 0.15) is 5.82 Å². The number of para-hydroxylation sites is 1. The first-order chi connectivity index (χ1) is 9.72. The minimum atomic E-state index is 0.572. The first kappa shape index (κ1) is 13.3. The van der Waals surface area contributed by atoms with Crippen molar-refractivity contribution in [3.63, 3.8) is 0 Å². The SMILES string of the molecule is NC(=S)CN1CCN(c2ccc3ccccc3n2)CC1. The molecule has 0 aliphatic carbocycles. The molecule has 0 bridgehead atoms. The molecule has 2 heterocycles. The summed E-state index contributed by atoms with van der Waals surface area (Å²) < 4.78 is 0. The number of benzene rings is 1. The number of anilines is 1. The van der Waals surface area contributed by atoms with E-state index in [1.54, 1.807) is 0 Å². The van der Waals surface area contributed by atoms with E-state index in [-0.39, 0.29) is 0 Å². The molecule has 1 aromatic carbocycles. The number of aromatic nitrogens is 1. The number of hydrogen-bond donors (Lipinski definition) is 1. The van der Waals surface area contributed by atoms with Crippen LogP contribution < -0.4 is 10.6 Å². The van der Waals surface area contributed by atoms with Crippen molar-refractivity contribution < 1.29 is 0 Å². The molecule has 20 heavy (non-hydrogen) atoms. The molecule has 1 fully saturated rings. The van der Waals surface area contributed by atoms with Gasteiger partial charge in [0.25, 0.3) is 0 Å². The maximum absolute atomic E-state index is 5.60.